The molecule has 90 valence electrons. The number of hydrogen-bond donors (Lipinski definition) is 1. The van der Waals surface area contributed by atoms with E-state index in [1.807, 2.05) is 23.1 Å². The second kappa shape index (κ2) is 5.10. The molecule has 2 heterocycles. The van der Waals surface area contributed by atoms with Crippen LogP contribution in [0, 0.1) is 0 Å². The summed E-state index contributed by atoms with van der Waals surface area (Å²) >= 11 is 0. The van der Waals surface area contributed by atoms with Crippen LogP contribution in [0.25, 0.3) is 5.52 Å². The van der Waals surface area contributed by atoms with Crippen molar-refractivity contribution in [2.75, 3.05) is 6.54 Å². The maximum Gasteiger partial charge on any atom is 0.0895 e. The fraction of sp³-hybridized carbons (Fsp3) is 0.385. The van der Waals surface area contributed by atoms with Crippen LogP contribution in [-0.2, 0) is 0 Å². The maximum absolute atomic E-state index is 4.34. The van der Waals surface area contributed by atoms with Gasteiger partial charge in [0.15, 0.2) is 0 Å². The summed E-state index contributed by atoms with van der Waals surface area (Å²) in [5, 5.41) is 7.79. The highest BCUT2D eigenvalue weighted by atomic mass is 15.2. The van der Waals surface area contributed by atoms with E-state index in [-0.39, 0.29) is 6.04 Å². The average molecular weight is 230 g/mol. The Morgan fingerprint density at radius 3 is 3.00 bits per heavy atom. The molecule has 17 heavy (non-hydrogen) atoms. The van der Waals surface area contributed by atoms with Crippen LogP contribution in [-0.4, -0.2) is 21.1 Å². The van der Waals surface area contributed by atoms with E-state index in [9.17, 15) is 0 Å². The van der Waals surface area contributed by atoms with Gasteiger partial charge in [0.2, 0.25) is 0 Å². The van der Waals surface area contributed by atoms with Crippen LogP contribution in [0.3, 0.4) is 0 Å². The van der Waals surface area contributed by atoms with Crippen LogP contribution < -0.4 is 5.32 Å². The highest BCUT2D eigenvalue weighted by Gasteiger charge is 2.12. The van der Waals surface area contributed by atoms with Gasteiger partial charge in [0, 0.05) is 18.0 Å². The van der Waals surface area contributed by atoms with Gasteiger partial charge < -0.3 is 5.32 Å². The van der Waals surface area contributed by atoms with Crippen LogP contribution in [0.4, 0.5) is 0 Å². The zero-order chi connectivity index (χ0) is 12.3. The van der Waals surface area contributed by atoms with Gasteiger partial charge in [-0.3, -0.25) is 4.98 Å². The van der Waals surface area contributed by atoms with E-state index in [0.717, 1.165) is 12.1 Å². The first-order valence-electron chi connectivity index (χ1n) is 5.88. The highest BCUT2D eigenvalue weighted by molar-refractivity contribution is 5.54. The van der Waals surface area contributed by atoms with Gasteiger partial charge in [-0.2, -0.15) is 5.10 Å². The summed E-state index contributed by atoms with van der Waals surface area (Å²) in [7, 11) is 0. The number of allylic oxidation sites excluding steroid dienone is 1. The van der Waals surface area contributed by atoms with Crippen molar-refractivity contribution >= 4 is 5.52 Å². The van der Waals surface area contributed by atoms with Crippen LogP contribution in [0.1, 0.15) is 32.4 Å². The summed E-state index contributed by atoms with van der Waals surface area (Å²) in [6.45, 7) is 7.24. The van der Waals surface area contributed by atoms with Gasteiger partial charge in [0.25, 0.3) is 0 Å². The van der Waals surface area contributed by atoms with E-state index in [1.165, 1.54) is 11.1 Å². The molecule has 1 atom stereocenters. The Morgan fingerprint density at radius 1 is 1.47 bits per heavy atom. The van der Waals surface area contributed by atoms with E-state index in [0.29, 0.717) is 0 Å². The second-order valence-electron chi connectivity index (χ2n) is 4.29. The molecule has 0 fully saturated rings. The SMILES string of the molecule is CCNC(C=C(C)C)c1cnn2ccncc12. The molecule has 0 aliphatic heterocycles. The monoisotopic (exact) mass is 230 g/mol. The summed E-state index contributed by atoms with van der Waals surface area (Å²) in [5.74, 6) is 0. The van der Waals surface area contributed by atoms with Crippen molar-refractivity contribution in [1.29, 1.82) is 0 Å². The second-order valence-corrected chi connectivity index (χ2v) is 4.29. The molecule has 0 saturated carbocycles. The maximum atomic E-state index is 4.34. The van der Waals surface area contributed by atoms with Gasteiger partial charge in [-0.05, 0) is 20.4 Å². The summed E-state index contributed by atoms with van der Waals surface area (Å²) in [4.78, 5) is 4.16. The molecule has 4 nitrogen and oxygen atoms in total. The van der Waals surface area contributed by atoms with E-state index >= 15 is 0 Å². The molecule has 1 N–H and O–H groups in total. The Balaban J connectivity index is 2.45. The highest BCUT2D eigenvalue weighted by Crippen LogP contribution is 2.20. The van der Waals surface area contributed by atoms with Crippen LogP contribution >= 0.6 is 0 Å². The number of nitrogens with one attached hydrogen (secondary N) is 1. The van der Waals surface area contributed by atoms with Gasteiger partial charge >= 0.3 is 0 Å². The molecule has 1 unspecified atom stereocenters. The fourth-order valence-electron chi connectivity index (χ4n) is 1.90. The Morgan fingerprint density at radius 2 is 2.29 bits per heavy atom. The molecule has 0 aliphatic rings. The smallest absolute Gasteiger partial charge is 0.0895 e. The van der Waals surface area contributed by atoms with Crippen molar-refractivity contribution in [3.05, 3.63) is 42.0 Å². The zero-order valence-corrected chi connectivity index (χ0v) is 10.5. The van der Waals surface area contributed by atoms with Crippen molar-refractivity contribution in [3.8, 4) is 0 Å². The first-order valence-corrected chi connectivity index (χ1v) is 5.88. The van der Waals surface area contributed by atoms with E-state index in [4.69, 9.17) is 0 Å². The minimum absolute atomic E-state index is 0.201. The molecule has 2 aromatic heterocycles. The van der Waals surface area contributed by atoms with Crippen molar-refractivity contribution < 1.29 is 0 Å². The normalized spacial score (nSPS) is 12.6. The summed E-state index contributed by atoms with van der Waals surface area (Å²) in [6, 6.07) is 0.201. The van der Waals surface area contributed by atoms with Gasteiger partial charge in [-0.15, -0.1) is 0 Å². The molecule has 2 rings (SSSR count). The molecule has 4 heteroatoms. The Labute approximate surface area is 101 Å². The van der Waals surface area contributed by atoms with Gasteiger partial charge in [0.1, 0.15) is 0 Å². The van der Waals surface area contributed by atoms with Crippen molar-refractivity contribution in [3.63, 3.8) is 0 Å². The minimum Gasteiger partial charge on any atom is -0.307 e. The molecular weight excluding hydrogens is 212 g/mol. The number of likely N-dealkylation sites (N-methyl/N-ethyl adjacent to an activating group) is 1. The van der Waals surface area contributed by atoms with Crippen molar-refractivity contribution in [1.82, 2.24) is 19.9 Å². The van der Waals surface area contributed by atoms with Crippen molar-refractivity contribution in [2.45, 2.75) is 26.8 Å². The lowest BCUT2D eigenvalue weighted by Gasteiger charge is -2.13. The molecule has 0 saturated heterocycles. The molecule has 0 aliphatic carbocycles. The molecule has 0 amide bonds. The number of rotatable bonds is 4. The van der Waals surface area contributed by atoms with Crippen LogP contribution in [0.5, 0.6) is 0 Å². The lowest BCUT2D eigenvalue weighted by molar-refractivity contribution is 0.648. The standard InChI is InChI=1S/C13H18N4/c1-4-15-12(7-10(2)3)11-8-16-17-6-5-14-9-13(11)17/h5-9,12,15H,4H2,1-3H3. The van der Waals surface area contributed by atoms with E-state index in [2.05, 4.69) is 42.2 Å². The third-order valence-corrected chi connectivity index (χ3v) is 2.61. The summed E-state index contributed by atoms with van der Waals surface area (Å²) in [5.41, 5.74) is 3.51. The number of hydrogen-bond acceptors (Lipinski definition) is 3. The predicted octanol–water partition coefficient (Wildman–Crippen LogP) is 2.35. The predicted molar refractivity (Wildman–Crippen MR) is 68.8 cm³/mol. The molecule has 0 radical (unpaired) electrons. The summed E-state index contributed by atoms with van der Waals surface area (Å²) < 4.78 is 1.85. The third-order valence-electron chi connectivity index (χ3n) is 2.61. The Hall–Kier alpha value is -1.68. The lowest BCUT2D eigenvalue weighted by atomic mass is 10.1. The van der Waals surface area contributed by atoms with Gasteiger partial charge in [-0.25, -0.2) is 4.52 Å². The quantitative estimate of drug-likeness (QED) is 0.820. The number of nitrogens with zero attached hydrogens (tertiary/aromatic N) is 3. The van der Waals surface area contributed by atoms with Crippen molar-refractivity contribution in [2.24, 2.45) is 0 Å². The van der Waals surface area contributed by atoms with Crippen LogP contribution in [0.2, 0.25) is 0 Å². The fourth-order valence-corrected chi connectivity index (χ4v) is 1.90. The first-order chi connectivity index (χ1) is 8.22. The lowest BCUT2D eigenvalue weighted by Crippen LogP contribution is -2.19. The third kappa shape index (κ3) is 2.53. The molecule has 0 bridgehead atoms. The van der Waals surface area contributed by atoms with E-state index in [1.54, 1.807) is 6.20 Å². The Kier molecular flexibility index (Phi) is 3.54. The molecule has 0 spiro atoms. The Bertz CT molecular complexity index is 523. The topological polar surface area (TPSA) is 42.2 Å². The average Bonchev–Trinajstić information content (AvgIpc) is 2.71. The molecule has 2 aromatic rings. The number of aromatic nitrogens is 3. The van der Waals surface area contributed by atoms with Gasteiger partial charge in [-0.1, -0.05) is 18.6 Å². The zero-order valence-electron chi connectivity index (χ0n) is 10.5. The summed E-state index contributed by atoms with van der Waals surface area (Å²) in [6.07, 6.45) is 9.58. The molecule has 0 aromatic carbocycles. The van der Waals surface area contributed by atoms with Crippen LogP contribution in [0.15, 0.2) is 36.4 Å². The van der Waals surface area contributed by atoms with E-state index < -0.39 is 0 Å². The first kappa shape index (κ1) is 11.8. The minimum atomic E-state index is 0.201. The largest absolute Gasteiger partial charge is 0.307 e. The van der Waals surface area contributed by atoms with Gasteiger partial charge in [0.05, 0.1) is 24.0 Å². The number of fused-ring (bicyclic) bond motifs is 1. The molecular formula is C13H18N4.